The molecule has 1 aromatic heterocycles. The second-order valence-corrected chi connectivity index (χ2v) is 9.57. The number of para-hydroxylation sites is 1. The lowest BCUT2D eigenvalue weighted by atomic mass is 9.91. The maximum atomic E-state index is 13.1. The van der Waals surface area contributed by atoms with E-state index in [1.165, 1.54) is 21.5 Å². The van der Waals surface area contributed by atoms with Gasteiger partial charge in [-0.1, -0.05) is 37.5 Å². The first-order chi connectivity index (χ1) is 16.1. The molecule has 0 saturated heterocycles. The third-order valence-corrected chi connectivity index (χ3v) is 7.55. The van der Waals surface area contributed by atoms with Crippen molar-refractivity contribution in [3.8, 4) is 0 Å². The highest BCUT2D eigenvalue weighted by atomic mass is 16.2. The smallest absolute Gasteiger partial charge is 0.261 e. The van der Waals surface area contributed by atoms with Crippen molar-refractivity contribution in [3.63, 3.8) is 0 Å². The van der Waals surface area contributed by atoms with Gasteiger partial charge in [-0.2, -0.15) is 0 Å². The molecule has 6 rings (SSSR count). The third kappa shape index (κ3) is 3.36. The molecular formula is C27H27N3O3. The minimum atomic E-state index is -0.253. The molecule has 6 nitrogen and oxygen atoms in total. The number of benzene rings is 2. The SMILES string of the molecule is O=C(NC1CCc2c([nH]c3ccccc23)C1)c1ccc2c(c1)C(=O)N(C1CCCCC1)C2=O. The zero-order chi connectivity index (χ0) is 22.5. The first kappa shape index (κ1) is 20.2. The fourth-order valence-corrected chi connectivity index (χ4v) is 5.85. The molecule has 2 heterocycles. The van der Waals surface area contributed by atoms with E-state index in [1.54, 1.807) is 18.2 Å². The summed E-state index contributed by atoms with van der Waals surface area (Å²) in [6.45, 7) is 0. The normalized spacial score (nSPS) is 20.7. The quantitative estimate of drug-likeness (QED) is 0.592. The van der Waals surface area contributed by atoms with Crippen LogP contribution in [0.1, 0.15) is 80.9 Å². The van der Waals surface area contributed by atoms with Gasteiger partial charge < -0.3 is 10.3 Å². The highest BCUT2D eigenvalue weighted by molar-refractivity contribution is 6.22. The zero-order valence-electron chi connectivity index (χ0n) is 18.5. The van der Waals surface area contributed by atoms with Crippen molar-refractivity contribution in [3.05, 3.63) is 70.4 Å². The molecule has 1 saturated carbocycles. The summed E-state index contributed by atoms with van der Waals surface area (Å²) < 4.78 is 0. The first-order valence-electron chi connectivity index (χ1n) is 12.0. The predicted octanol–water partition coefficient (Wildman–Crippen LogP) is 4.38. The Kier molecular flexibility index (Phi) is 4.82. The molecule has 3 aromatic rings. The van der Waals surface area contributed by atoms with E-state index in [2.05, 4.69) is 28.5 Å². The lowest BCUT2D eigenvalue weighted by Gasteiger charge is -2.29. The maximum absolute atomic E-state index is 13.1. The summed E-state index contributed by atoms with van der Waals surface area (Å²) in [5, 5.41) is 4.41. The van der Waals surface area contributed by atoms with E-state index in [1.807, 2.05) is 6.07 Å². The van der Waals surface area contributed by atoms with Gasteiger partial charge in [-0.05, 0) is 55.5 Å². The molecule has 0 radical (unpaired) electrons. The molecule has 33 heavy (non-hydrogen) atoms. The van der Waals surface area contributed by atoms with Crippen molar-refractivity contribution in [1.29, 1.82) is 0 Å². The number of nitrogens with zero attached hydrogens (tertiary/aromatic N) is 1. The van der Waals surface area contributed by atoms with Gasteiger partial charge in [0.2, 0.25) is 0 Å². The van der Waals surface area contributed by atoms with Gasteiger partial charge in [-0.3, -0.25) is 19.3 Å². The first-order valence-corrected chi connectivity index (χ1v) is 12.0. The second-order valence-electron chi connectivity index (χ2n) is 9.57. The number of carbonyl (C=O) groups is 3. The van der Waals surface area contributed by atoms with E-state index in [9.17, 15) is 14.4 Å². The summed E-state index contributed by atoms with van der Waals surface area (Å²) in [7, 11) is 0. The maximum Gasteiger partial charge on any atom is 0.261 e. The standard InChI is InChI=1S/C27H27N3O3/c31-25(28-17-11-13-20-19-8-4-5-9-23(19)29-24(20)15-17)16-10-12-21-22(14-16)27(33)30(26(21)32)18-6-2-1-3-7-18/h4-5,8-10,12,14,17-18,29H,1-3,6-7,11,13,15H2,(H,28,31). The minimum Gasteiger partial charge on any atom is -0.358 e. The number of aromatic amines is 1. The molecule has 6 heteroatoms. The number of amides is 3. The highest BCUT2D eigenvalue weighted by Crippen LogP contribution is 2.32. The number of hydrogen-bond donors (Lipinski definition) is 2. The average molecular weight is 442 g/mol. The van der Waals surface area contributed by atoms with Crippen LogP contribution in [-0.4, -0.2) is 39.7 Å². The third-order valence-electron chi connectivity index (χ3n) is 7.55. The van der Waals surface area contributed by atoms with Crippen LogP contribution in [-0.2, 0) is 12.8 Å². The van der Waals surface area contributed by atoms with Crippen molar-refractivity contribution in [2.75, 3.05) is 0 Å². The topological polar surface area (TPSA) is 82.3 Å². The Balaban J connectivity index is 1.19. The van der Waals surface area contributed by atoms with Gasteiger partial charge in [0.1, 0.15) is 0 Å². The summed E-state index contributed by atoms with van der Waals surface area (Å²) in [5.41, 5.74) is 4.88. The van der Waals surface area contributed by atoms with Crippen molar-refractivity contribution in [1.82, 2.24) is 15.2 Å². The van der Waals surface area contributed by atoms with Crippen LogP contribution in [0.2, 0.25) is 0 Å². The molecule has 168 valence electrons. The molecular weight excluding hydrogens is 414 g/mol. The van der Waals surface area contributed by atoms with E-state index in [0.717, 1.165) is 56.9 Å². The summed E-state index contributed by atoms with van der Waals surface area (Å²) >= 11 is 0. The lowest BCUT2D eigenvalue weighted by molar-refractivity contribution is 0.0548. The van der Waals surface area contributed by atoms with Gasteiger partial charge >= 0.3 is 0 Å². The number of aryl methyl sites for hydroxylation is 1. The Bertz CT molecular complexity index is 1290. The number of nitrogens with one attached hydrogen (secondary N) is 2. The Hall–Kier alpha value is -3.41. The molecule has 1 atom stereocenters. The molecule has 2 N–H and O–H groups in total. The molecule has 3 amide bonds. The van der Waals surface area contributed by atoms with Crippen LogP contribution in [0.5, 0.6) is 0 Å². The summed E-state index contributed by atoms with van der Waals surface area (Å²) in [6, 6.07) is 13.2. The molecule has 0 spiro atoms. The molecule has 1 fully saturated rings. The van der Waals surface area contributed by atoms with Gasteiger partial charge in [0, 0.05) is 40.7 Å². The van der Waals surface area contributed by atoms with Gasteiger partial charge in [0.15, 0.2) is 0 Å². The number of fused-ring (bicyclic) bond motifs is 4. The van der Waals surface area contributed by atoms with Gasteiger partial charge in [-0.15, -0.1) is 0 Å². The van der Waals surface area contributed by atoms with Crippen LogP contribution in [0.3, 0.4) is 0 Å². The average Bonchev–Trinajstić information content (AvgIpc) is 3.33. The van der Waals surface area contributed by atoms with Crippen LogP contribution in [0.25, 0.3) is 10.9 Å². The van der Waals surface area contributed by atoms with E-state index in [-0.39, 0.29) is 29.8 Å². The largest absolute Gasteiger partial charge is 0.358 e. The zero-order valence-corrected chi connectivity index (χ0v) is 18.5. The van der Waals surface area contributed by atoms with Crippen molar-refractivity contribution in [2.45, 2.75) is 63.5 Å². The van der Waals surface area contributed by atoms with Crippen molar-refractivity contribution >= 4 is 28.6 Å². The van der Waals surface area contributed by atoms with Gasteiger partial charge in [0.05, 0.1) is 11.1 Å². The van der Waals surface area contributed by atoms with Gasteiger partial charge in [0.25, 0.3) is 17.7 Å². The van der Waals surface area contributed by atoms with Crippen LogP contribution in [0.4, 0.5) is 0 Å². The Morgan fingerprint density at radius 1 is 0.939 bits per heavy atom. The lowest BCUT2D eigenvalue weighted by Crippen LogP contribution is -2.40. The van der Waals surface area contributed by atoms with Gasteiger partial charge in [-0.25, -0.2) is 0 Å². The fraction of sp³-hybridized carbons (Fsp3) is 0.370. The Morgan fingerprint density at radius 2 is 1.73 bits per heavy atom. The summed E-state index contributed by atoms with van der Waals surface area (Å²) in [5.74, 6) is -0.664. The Labute approximate surface area is 192 Å². The van der Waals surface area contributed by atoms with E-state index < -0.39 is 0 Å². The number of imide groups is 1. The molecule has 2 aliphatic carbocycles. The molecule has 2 aromatic carbocycles. The van der Waals surface area contributed by atoms with E-state index in [4.69, 9.17) is 0 Å². The number of H-pyrrole nitrogens is 1. The molecule has 1 aliphatic heterocycles. The summed E-state index contributed by atoms with van der Waals surface area (Å²) in [6.07, 6.45) is 7.54. The van der Waals surface area contributed by atoms with E-state index in [0.29, 0.717) is 16.7 Å². The highest BCUT2D eigenvalue weighted by Gasteiger charge is 2.40. The molecule has 1 unspecified atom stereocenters. The Morgan fingerprint density at radius 3 is 2.58 bits per heavy atom. The number of rotatable bonds is 3. The number of aromatic nitrogens is 1. The molecule has 3 aliphatic rings. The fourth-order valence-electron chi connectivity index (χ4n) is 5.85. The van der Waals surface area contributed by atoms with Crippen LogP contribution >= 0.6 is 0 Å². The van der Waals surface area contributed by atoms with Crippen LogP contribution in [0, 0.1) is 0 Å². The van der Waals surface area contributed by atoms with Crippen molar-refractivity contribution < 1.29 is 14.4 Å². The van der Waals surface area contributed by atoms with Crippen LogP contribution < -0.4 is 5.32 Å². The number of carbonyl (C=O) groups excluding carboxylic acids is 3. The van der Waals surface area contributed by atoms with E-state index >= 15 is 0 Å². The monoisotopic (exact) mass is 441 g/mol. The molecule has 0 bridgehead atoms. The minimum absolute atomic E-state index is 0.0174. The van der Waals surface area contributed by atoms with Crippen molar-refractivity contribution in [2.24, 2.45) is 0 Å². The predicted molar refractivity (Wildman–Crippen MR) is 125 cm³/mol. The second kappa shape index (κ2) is 7.87. The number of hydrogen-bond acceptors (Lipinski definition) is 3. The summed E-state index contributed by atoms with van der Waals surface area (Å²) in [4.78, 5) is 43.9. The van der Waals surface area contributed by atoms with Crippen LogP contribution in [0.15, 0.2) is 42.5 Å².